The Balaban J connectivity index is 1.53. The van der Waals surface area contributed by atoms with Crippen molar-refractivity contribution in [1.29, 1.82) is 0 Å². The molecule has 0 aliphatic rings. The van der Waals surface area contributed by atoms with Crippen molar-refractivity contribution < 1.29 is 4.79 Å². The van der Waals surface area contributed by atoms with Crippen LogP contribution in [0.25, 0.3) is 16.6 Å². The number of benzene rings is 2. The van der Waals surface area contributed by atoms with Gasteiger partial charge in [-0.15, -0.1) is 0 Å². The topological polar surface area (TPSA) is 98.4 Å². The van der Waals surface area contributed by atoms with Crippen LogP contribution in [0.15, 0.2) is 99.8 Å². The highest BCUT2D eigenvalue weighted by atomic mass is 32.2. The zero-order valence-electron chi connectivity index (χ0n) is 17.2. The minimum atomic E-state index is -0.432. The SMILES string of the molecule is O=C(Nn1c(SCc2cc(=O)n3ccccc3n2)nc2ccccc2c1=O)c1ccccc1. The maximum absolute atomic E-state index is 13.2. The van der Waals surface area contributed by atoms with Crippen LogP contribution in [0, 0.1) is 0 Å². The number of fused-ring (bicyclic) bond motifs is 2. The first-order chi connectivity index (χ1) is 16.1. The second-order valence-electron chi connectivity index (χ2n) is 7.16. The van der Waals surface area contributed by atoms with E-state index in [4.69, 9.17) is 0 Å². The van der Waals surface area contributed by atoms with Crippen LogP contribution in [0.1, 0.15) is 16.1 Å². The van der Waals surface area contributed by atoms with Gasteiger partial charge in [-0.3, -0.25) is 24.2 Å². The summed E-state index contributed by atoms with van der Waals surface area (Å²) in [5, 5.41) is 0.676. The smallest absolute Gasteiger partial charge is 0.269 e. The Morgan fingerprint density at radius 3 is 2.52 bits per heavy atom. The van der Waals surface area contributed by atoms with Crippen LogP contribution in [0.3, 0.4) is 0 Å². The van der Waals surface area contributed by atoms with Gasteiger partial charge in [0.05, 0.1) is 16.6 Å². The van der Waals surface area contributed by atoms with Crippen molar-refractivity contribution in [2.45, 2.75) is 10.9 Å². The number of para-hydroxylation sites is 1. The lowest BCUT2D eigenvalue weighted by Gasteiger charge is -2.14. The van der Waals surface area contributed by atoms with Crippen LogP contribution >= 0.6 is 11.8 Å². The van der Waals surface area contributed by atoms with Crippen LogP contribution in [0.2, 0.25) is 0 Å². The van der Waals surface area contributed by atoms with Gasteiger partial charge in [0.15, 0.2) is 5.16 Å². The molecule has 9 heteroatoms. The molecule has 0 spiro atoms. The quantitative estimate of drug-likeness (QED) is 0.323. The zero-order valence-corrected chi connectivity index (χ0v) is 18.0. The van der Waals surface area contributed by atoms with Crippen molar-refractivity contribution >= 4 is 34.2 Å². The molecule has 3 heterocycles. The van der Waals surface area contributed by atoms with Crippen LogP contribution in [-0.2, 0) is 5.75 Å². The van der Waals surface area contributed by atoms with Crippen molar-refractivity contribution in [3.63, 3.8) is 0 Å². The van der Waals surface area contributed by atoms with Gasteiger partial charge in [0, 0.05) is 23.6 Å². The van der Waals surface area contributed by atoms with Gasteiger partial charge in [0.25, 0.3) is 17.0 Å². The third kappa shape index (κ3) is 4.13. The molecule has 8 nitrogen and oxygen atoms in total. The van der Waals surface area contributed by atoms with Gasteiger partial charge in [-0.2, -0.15) is 4.68 Å². The summed E-state index contributed by atoms with van der Waals surface area (Å²) in [6.07, 6.45) is 1.66. The van der Waals surface area contributed by atoms with Crippen molar-refractivity contribution in [2.75, 3.05) is 5.43 Å². The number of carbonyl (C=O) groups is 1. The van der Waals surface area contributed by atoms with E-state index in [9.17, 15) is 14.4 Å². The number of hydrogen-bond acceptors (Lipinski definition) is 6. The predicted octanol–water partition coefficient (Wildman–Crippen LogP) is 3.08. The maximum atomic E-state index is 13.2. The Hall–Kier alpha value is -4.24. The first kappa shape index (κ1) is 20.7. The molecule has 0 atom stereocenters. The molecule has 5 aromatic rings. The monoisotopic (exact) mass is 455 g/mol. The third-order valence-electron chi connectivity index (χ3n) is 4.97. The highest BCUT2D eigenvalue weighted by molar-refractivity contribution is 7.98. The summed E-state index contributed by atoms with van der Waals surface area (Å²) in [7, 11) is 0. The zero-order chi connectivity index (χ0) is 22.8. The lowest BCUT2D eigenvalue weighted by atomic mass is 10.2. The van der Waals surface area contributed by atoms with Crippen LogP contribution < -0.4 is 16.5 Å². The molecule has 0 fully saturated rings. The standard InChI is InChI=1S/C24H17N5O3S/c30-21-14-17(25-20-12-6-7-13-28(20)21)15-33-24-26-19-11-5-4-10-18(19)23(32)29(24)27-22(31)16-8-2-1-3-9-16/h1-14H,15H2,(H,27,31). The first-order valence-corrected chi connectivity index (χ1v) is 11.1. The Morgan fingerprint density at radius 1 is 0.909 bits per heavy atom. The maximum Gasteiger partial charge on any atom is 0.281 e. The Morgan fingerprint density at radius 2 is 1.67 bits per heavy atom. The molecular weight excluding hydrogens is 438 g/mol. The molecule has 0 saturated heterocycles. The minimum Gasteiger partial charge on any atom is -0.269 e. The summed E-state index contributed by atoms with van der Waals surface area (Å²) in [4.78, 5) is 47.4. The van der Waals surface area contributed by atoms with Gasteiger partial charge in [0.1, 0.15) is 5.65 Å². The fraction of sp³-hybridized carbons (Fsp3) is 0.0417. The Kier molecular flexibility index (Phi) is 5.45. The molecule has 0 unspecified atom stereocenters. The molecule has 0 saturated carbocycles. The normalized spacial score (nSPS) is 11.0. The number of nitrogens with one attached hydrogen (secondary N) is 1. The van der Waals surface area contributed by atoms with Crippen LogP contribution in [0.4, 0.5) is 0 Å². The van der Waals surface area contributed by atoms with Crippen molar-refractivity contribution in [3.8, 4) is 0 Å². The number of nitrogens with zero attached hydrogens (tertiary/aromatic N) is 4. The molecule has 0 bridgehead atoms. The average Bonchev–Trinajstić information content (AvgIpc) is 2.85. The molecule has 1 N–H and O–H groups in total. The highest BCUT2D eigenvalue weighted by Crippen LogP contribution is 2.21. The van der Waals surface area contributed by atoms with Gasteiger partial charge >= 0.3 is 0 Å². The number of hydrogen-bond donors (Lipinski definition) is 1. The minimum absolute atomic E-state index is 0.197. The molecule has 2 aromatic carbocycles. The second kappa shape index (κ2) is 8.71. The van der Waals surface area contributed by atoms with E-state index in [-0.39, 0.29) is 22.0 Å². The number of pyridine rings is 1. The summed E-state index contributed by atoms with van der Waals surface area (Å²) in [6, 6.07) is 22.3. The summed E-state index contributed by atoms with van der Waals surface area (Å²) < 4.78 is 2.61. The number of amides is 1. The molecule has 1 amide bonds. The lowest BCUT2D eigenvalue weighted by molar-refractivity contribution is 0.100. The second-order valence-corrected chi connectivity index (χ2v) is 8.10. The van der Waals surface area contributed by atoms with E-state index in [1.54, 1.807) is 79.0 Å². The Bertz CT molecular complexity index is 1610. The first-order valence-electron chi connectivity index (χ1n) is 10.1. The van der Waals surface area contributed by atoms with E-state index in [0.29, 0.717) is 27.8 Å². The van der Waals surface area contributed by atoms with E-state index in [2.05, 4.69) is 15.4 Å². The van der Waals surface area contributed by atoms with Gasteiger partial charge < -0.3 is 0 Å². The third-order valence-corrected chi connectivity index (χ3v) is 5.94. The summed E-state index contributed by atoms with van der Waals surface area (Å²) >= 11 is 1.21. The van der Waals surface area contributed by atoms with Crippen LogP contribution in [0.5, 0.6) is 0 Å². The van der Waals surface area contributed by atoms with Gasteiger partial charge in [-0.1, -0.05) is 48.2 Å². The van der Waals surface area contributed by atoms with E-state index < -0.39 is 5.91 Å². The fourth-order valence-corrected chi connectivity index (χ4v) is 4.22. The molecule has 162 valence electrons. The lowest BCUT2D eigenvalue weighted by Crippen LogP contribution is -2.35. The van der Waals surface area contributed by atoms with E-state index in [1.165, 1.54) is 22.2 Å². The molecule has 3 aromatic heterocycles. The van der Waals surface area contributed by atoms with Crippen molar-refractivity contribution in [1.82, 2.24) is 19.0 Å². The Labute approximate surface area is 191 Å². The summed E-state index contributed by atoms with van der Waals surface area (Å²) in [5.74, 6) is -0.147. The van der Waals surface area contributed by atoms with Crippen LogP contribution in [-0.4, -0.2) is 25.0 Å². The highest BCUT2D eigenvalue weighted by Gasteiger charge is 2.15. The number of rotatable bonds is 5. The molecule has 0 aliphatic carbocycles. The molecule has 0 aliphatic heterocycles. The number of thioether (sulfide) groups is 1. The van der Waals surface area contributed by atoms with E-state index in [1.807, 2.05) is 0 Å². The predicted molar refractivity (Wildman–Crippen MR) is 127 cm³/mol. The fourth-order valence-electron chi connectivity index (χ4n) is 3.38. The van der Waals surface area contributed by atoms with Gasteiger partial charge in [0.2, 0.25) is 0 Å². The van der Waals surface area contributed by atoms with Crippen molar-refractivity contribution in [2.24, 2.45) is 0 Å². The van der Waals surface area contributed by atoms with Gasteiger partial charge in [-0.05, 0) is 36.4 Å². The molecule has 0 radical (unpaired) electrons. The van der Waals surface area contributed by atoms with E-state index in [0.717, 1.165) is 4.68 Å². The number of aromatic nitrogens is 4. The molecule has 33 heavy (non-hydrogen) atoms. The molecular formula is C24H17N5O3S. The largest absolute Gasteiger partial charge is 0.281 e. The van der Waals surface area contributed by atoms with Gasteiger partial charge in [-0.25, -0.2) is 9.97 Å². The summed E-state index contributed by atoms with van der Waals surface area (Å²) in [5.41, 5.74) is 4.07. The van der Waals surface area contributed by atoms with Crippen molar-refractivity contribution in [3.05, 3.63) is 117 Å². The van der Waals surface area contributed by atoms with E-state index >= 15 is 0 Å². The average molecular weight is 455 g/mol. The summed E-state index contributed by atoms with van der Waals surface area (Å²) in [6.45, 7) is 0. The number of carbonyl (C=O) groups excluding carboxylic acids is 1. The molecule has 5 rings (SSSR count).